The monoisotopic (exact) mass is 280 g/mol. The van der Waals surface area contributed by atoms with E-state index in [1.807, 2.05) is 11.0 Å². The molecule has 1 aliphatic rings. The topological polar surface area (TPSA) is 70.5 Å². The second-order valence-electron chi connectivity index (χ2n) is 5.85. The van der Waals surface area contributed by atoms with E-state index in [-0.39, 0.29) is 0 Å². The molecule has 0 bridgehead atoms. The fourth-order valence-electron chi connectivity index (χ4n) is 2.32. The molecule has 0 aliphatic carbocycles. The highest BCUT2D eigenvalue weighted by molar-refractivity contribution is 5.42. The number of anilines is 2. The number of nitrogens with one attached hydrogen (secondary N) is 1. The van der Waals surface area contributed by atoms with Crippen LogP contribution in [0.25, 0.3) is 0 Å². The quantitative estimate of drug-likeness (QED) is 0.814. The molecule has 1 fully saturated rings. The molecule has 0 spiro atoms. The lowest BCUT2D eigenvalue weighted by atomic mass is 10.1. The second-order valence-corrected chi connectivity index (χ2v) is 5.85. The standard InChI is InChI=1S/C14H24N4O2/c1-11(2)8-16-12-4-6-15-13(17-12)18-7-5-14(19,9-18)10-20-3/h4,6,11,19H,5,7-10H2,1-3H3,(H,15,16,17). The van der Waals surface area contributed by atoms with Crippen molar-refractivity contribution in [3.63, 3.8) is 0 Å². The van der Waals surface area contributed by atoms with E-state index < -0.39 is 5.60 Å². The van der Waals surface area contributed by atoms with Crippen LogP contribution in [-0.4, -0.2) is 54.0 Å². The lowest BCUT2D eigenvalue weighted by Gasteiger charge is -2.22. The first-order valence-corrected chi connectivity index (χ1v) is 7.05. The van der Waals surface area contributed by atoms with Crippen molar-refractivity contribution in [2.24, 2.45) is 5.92 Å². The third-order valence-electron chi connectivity index (χ3n) is 3.36. The number of rotatable bonds is 6. The van der Waals surface area contributed by atoms with Crippen LogP contribution >= 0.6 is 0 Å². The van der Waals surface area contributed by atoms with Gasteiger partial charge in [0.05, 0.1) is 13.2 Å². The van der Waals surface area contributed by atoms with Gasteiger partial charge in [0.25, 0.3) is 0 Å². The first-order chi connectivity index (χ1) is 9.52. The molecule has 1 atom stereocenters. The molecule has 6 heteroatoms. The Morgan fingerprint density at radius 2 is 2.35 bits per heavy atom. The van der Waals surface area contributed by atoms with Gasteiger partial charge in [0.15, 0.2) is 0 Å². The molecule has 2 N–H and O–H groups in total. The number of aromatic nitrogens is 2. The predicted molar refractivity (Wildman–Crippen MR) is 79.0 cm³/mol. The van der Waals surface area contributed by atoms with Crippen molar-refractivity contribution >= 4 is 11.8 Å². The fraction of sp³-hybridized carbons (Fsp3) is 0.714. The normalized spacial score (nSPS) is 22.6. The van der Waals surface area contributed by atoms with Crippen LogP contribution in [0.1, 0.15) is 20.3 Å². The van der Waals surface area contributed by atoms with Crippen molar-refractivity contribution in [3.8, 4) is 0 Å². The summed E-state index contributed by atoms with van der Waals surface area (Å²) in [6, 6.07) is 1.86. The maximum absolute atomic E-state index is 10.3. The number of β-amino-alcohol motifs (C(OH)–C–C–N with tert-alkyl or cyclic N) is 1. The number of hydrogen-bond acceptors (Lipinski definition) is 6. The summed E-state index contributed by atoms with van der Waals surface area (Å²) in [6.07, 6.45) is 2.42. The van der Waals surface area contributed by atoms with Crippen LogP contribution in [0.15, 0.2) is 12.3 Å². The molecule has 1 aromatic rings. The van der Waals surface area contributed by atoms with E-state index in [2.05, 4.69) is 29.1 Å². The number of nitrogens with zero attached hydrogens (tertiary/aromatic N) is 3. The minimum atomic E-state index is -0.792. The van der Waals surface area contributed by atoms with Crippen LogP contribution in [0.2, 0.25) is 0 Å². The number of hydrogen-bond donors (Lipinski definition) is 2. The number of aliphatic hydroxyl groups is 1. The number of methoxy groups -OCH3 is 1. The van der Waals surface area contributed by atoms with Gasteiger partial charge >= 0.3 is 0 Å². The van der Waals surface area contributed by atoms with E-state index in [0.717, 1.165) is 18.9 Å². The smallest absolute Gasteiger partial charge is 0.227 e. The van der Waals surface area contributed by atoms with Gasteiger partial charge in [0.1, 0.15) is 11.4 Å². The second kappa shape index (κ2) is 6.37. The van der Waals surface area contributed by atoms with Crippen LogP contribution < -0.4 is 10.2 Å². The zero-order valence-electron chi connectivity index (χ0n) is 12.5. The van der Waals surface area contributed by atoms with Gasteiger partial charge in [-0.25, -0.2) is 4.98 Å². The summed E-state index contributed by atoms with van der Waals surface area (Å²) < 4.78 is 5.07. The van der Waals surface area contributed by atoms with Crippen LogP contribution in [0.3, 0.4) is 0 Å². The largest absolute Gasteiger partial charge is 0.386 e. The summed E-state index contributed by atoms with van der Waals surface area (Å²) >= 11 is 0. The Morgan fingerprint density at radius 3 is 3.05 bits per heavy atom. The molecule has 112 valence electrons. The molecule has 0 aromatic carbocycles. The lowest BCUT2D eigenvalue weighted by Crippen LogP contribution is -2.38. The Kier molecular flexibility index (Phi) is 4.77. The SMILES string of the molecule is COCC1(O)CCN(c2nccc(NCC(C)C)n2)C1. The van der Waals surface area contributed by atoms with Crippen molar-refractivity contribution in [2.75, 3.05) is 43.6 Å². The average molecular weight is 280 g/mol. The van der Waals surface area contributed by atoms with Gasteiger partial charge in [-0.3, -0.25) is 0 Å². The Morgan fingerprint density at radius 1 is 1.55 bits per heavy atom. The minimum Gasteiger partial charge on any atom is -0.386 e. The van der Waals surface area contributed by atoms with Crippen LogP contribution in [0, 0.1) is 5.92 Å². The van der Waals surface area contributed by atoms with Gasteiger partial charge in [0.2, 0.25) is 5.95 Å². The summed E-state index contributed by atoms with van der Waals surface area (Å²) in [4.78, 5) is 10.8. The zero-order valence-corrected chi connectivity index (χ0v) is 12.5. The Bertz CT molecular complexity index is 441. The van der Waals surface area contributed by atoms with E-state index in [1.165, 1.54) is 0 Å². The van der Waals surface area contributed by atoms with Gasteiger partial charge in [-0.1, -0.05) is 13.8 Å². The molecular weight excluding hydrogens is 256 g/mol. The van der Waals surface area contributed by atoms with Crippen LogP contribution in [-0.2, 0) is 4.74 Å². The van der Waals surface area contributed by atoms with E-state index in [1.54, 1.807) is 13.3 Å². The molecule has 1 unspecified atom stereocenters. The summed E-state index contributed by atoms with van der Waals surface area (Å²) in [5.41, 5.74) is -0.792. The Balaban J connectivity index is 2.01. The van der Waals surface area contributed by atoms with Crippen molar-refractivity contribution in [2.45, 2.75) is 25.9 Å². The van der Waals surface area contributed by atoms with E-state index in [9.17, 15) is 5.11 Å². The van der Waals surface area contributed by atoms with Gasteiger partial charge < -0.3 is 20.1 Å². The lowest BCUT2D eigenvalue weighted by molar-refractivity contribution is -0.0139. The zero-order chi connectivity index (χ0) is 14.6. The van der Waals surface area contributed by atoms with Gasteiger partial charge in [-0.15, -0.1) is 0 Å². The minimum absolute atomic E-state index is 0.342. The summed E-state index contributed by atoms with van der Waals surface area (Å²) in [7, 11) is 1.60. The third-order valence-corrected chi connectivity index (χ3v) is 3.36. The van der Waals surface area contributed by atoms with Crippen molar-refractivity contribution in [1.82, 2.24) is 9.97 Å². The highest BCUT2D eigenvalue weighted by Crippen LogP contribution is 2.25. The maximum atomic E-state index is 10.3. The molecule has 0 amide bonds. The van der Waals surface area contributed by atoms with E-state index in [4.69, 9.17) is 4.74 Å². The van der Waals surface area contributed by atoms with Crippen molar-refractivity contribution < 1.29 is 9.84 Å². The van der Waals surface area contributed by atoms with Gasteiger partial charge in [-0.05, 0) is 18.4 Å². The molecule has 0 saturated carbocycles. The number of ether oxygens (including phenoxy) is 1. The summed E-state index contributed by atoms with van der Waals surface area (Å²) in [5.74, 6) is 2.05. The van der Waals surface area contributed by atoms with E-state index >= 15 is 0 Å². The highest BCUT2D eigenvalue weighted by atomic mass is 16.5. The predicted octanol–water partition coefficient (Wildman–Crippen LogP) is 1.13. The Labute approximate surface area is 120 Å². The van der Waals surface area contributed by atoms with E-state index in [0.29, 0.717) is 31.4 Å². The molecule has 20 heavy (non-hydrogen) atoms. The highest BCUT2D eigenvalue weighted by Gasteiger charge is 2.37. The Hall–Kier alpha value is -1.40. The molecule has 2 rings (SSSR count). The van der Waals surface area contributed by atoms with Crippen LogP contribution in [0.5, 0.6) is 0 Å². The first-order valence-electron chi connectivity index (χ1n) is 7.05. The molecule has 1 aromatic heterocycles. The molecule has 2 heterocycles. The molecule has 1 aliphatic heterocycles. The van der Waals surface area contributed by atoms with Crippen molar-refractivity contribution in [1.29, 1.82) is 0 Å². The third kappa shape index (κ3) is 3.80. The summed E-state index contributed by atoms with van der Waals surface area (Å²) in [5, 5.41) is 13.6. The molecular formula is C14H24N4O2. The molecule has 0 radical (unpaired) electrons. The average Bonchev–Trinajstić information content (AvgIpc) is 2.80. The summed E-state index contributed by atoms with van der Waals surface area (Å²) in [6.45, 7) is 6.78. The van der Waals surface area contributed by atoms with Gasteiger partial charge in [-0.2, -0.15) is 4.98 Å². The maximum Gasteiger partial charge on any atom is 0.227 e. The molecule has 6 nitrogen and oxygen atoms in total. The van der Waals surface area contributed by atoms with Crippen molar-refractivity contribution in [3.05, 3.63) is 12.3 Å². The molecule has 1 saturated heterocycles. The first kappa shape index (κ1) is 15.0. The fourth-order valence-corrected chi connectivity index (χ4v) is 2.32. The van der Waals surface area contributed by atoms with Gasteiger partial charge in [0, 0.05) is 26.4 Å². The van der Waals surface area contributed by atoms with Crippen LogP contribution in [0.4, 0.5) is 11.8 Å².